The minimum absolute atomic E-state index is 1.17. The van der Waals surface area contributed by atoms with Gasteiger partial charge in [0.2, 0.25) is 0 Å². The third-order valence-electron chi connectivity index (χ3n) is 3.61. The molecule has 0 bridgehead atoms. The molecule has 0 atom stereocenters. The Hall–Kier alpha value is -1.82. The van der Waals surface area contributed by atoms with Crippen LogP contribution in [0.1, 0.15) is 34.2 Å². The standard InChI is InChI=1S/C18H18/c1-13-9-14(2)11-15(10-13)12-17-8-7-16-5-3-4-6-18(16)17/h3-6,9-12H,7-8H2,1-2H3/b17-12+. The van der Waals surface area contributed by atoms with Crippen molar-refractivity contribution in [1.82, 2.24) is 0 Å². The molecule has 1 aliphatic rings. The number of hydrogen-bond acceptors (Lipinski definition) is 0. The van der Waals surface area contributed by atoms with Crippen molar-refractivity contribution in [2.75, 3.05) is 0 Å². The van der Waals surface area contributed by atoms with E-state index in [9.17, 15) is 0 Å². The van der Waals surface area contributed by atoms with E-state index in [1.54, 1.807) is 0 Å². The Morgan fingerprint density at radius 3 is 2.39 bits per heavy atom. The lowest BCUT2D eigenvalue weighted by molar-refractivity contribution is 1.08. The molecule has 3 rings (SSSR count). The maximum atomic E-state index is 2.35. The molecule has 0 saturated carbocycles. The third-order valence-corrected chi connectivity index (χ3v) is 3.61. The Bertz CT molecular complexity index is 597. The molecule has 0 aliphatic heterocycles. The average Bonchev–Trinajstić information content (AvgIpc) is 2.72. The number of hydrogen-bond donors (Lipinski definition) is 0. The van der Waals surface area contributed by atoms with Crippen LogP contribution in [-0.4, -0.2) is 0 Å². The van der Waals surface area contributed by atoms with Crippen molar-refractivity contribution in [1.29, 1.82) is 0 Å². The zero-order chi connectivity index (χ0) is 12.5. The second-order valence-corrected chi connectivity index (χ2v) is 5.25. The van der Waals surface area contributed by atoms with Crippen LogP contribution in [0.5, 0.6) is 0 Å². The normalized spacial score (nSPS) is 16.0. The van der Waals surface area contributed by atoms with Crippen LogP contribution in [0, 0.1) is 13.8 Å². The van der Waals surface area contributed by atoms with Gasteiger partial charge < -0.3 is 0 Å². The van der Waals surface area contributed by atoms with Gasteiger partial charge in [0.1, 0.15) is 0 Å². The maximum Gasteiger partial charge on any atom is -0.0192 e. The SMILES string of the molecule is Cc1cc(C)cc(/C=C2\CCc3ccccc32)c1. The molecule has 2 aromatic rings. The molecular weight excluding hydrogens is 216 g/mol. The number of allylic oxidation sites excluding steroid dienone is 1. The minimum Gasteiger partial charge on any atom is -0.0620 e. The summed E-state index contributed by atoms with van der Waals surface area (Å²) in [5.74, 6) is 0. The molecule has 0 saturated heterocycles. The van der Waals surface area contributed by atoms with Crippen LogP contribution in [-0.2, 0) is 6.42 Å². The Balaban J connectivity index is 2.03. The zero-order valence-corrected chi connectivity index (χ0v) is 11.0. The monoisotopic (exact) mass is 234 g/mol. The molecule has 0 heteroatoms. The summed E-state index contributed by atoms with van der Waals surface area (Å²) in [6, 6.07) is 15.5. The van der Waals surface area contributed by atoms with E-state index in [-0.39, 0.29) is 0 Å². The summed E-state index contributed by atoms with van der Waals surface area (Å²) in [7, 11) is 0. The lowest BCUT2D eigenvalue weighted by Gasteiger charge is -2.03. The molecule has 0 N–H and O–H groups in total. The van der Waals surface area contributed by atoms with Crippen LogP contribution < -0.4 is 0 Å². The van der Waals surface area contributed by atoms with Crippen LogP contribution >= 0.6 is 0 Å². The summed E-state index contributed by atoms with van der Waals surface area (Å²) in [6.45, 7) is 4.33. The van der Waals surface area contributed by atoms with Crippen LogP contribution in [0.4, 0.5) is 0 Å². The molecule has 90 valence electrons. The molecule has 0 amide bonds. The van der Waals surface area contributed by atoms with Gasteiger partial charge in [-0.15, -0.1) is 0 Å². The molecule has 0 unspecified atom stereocenters. The predicted octanol–water partition coefficient (Wildman–Crippen LogP) is 4.79. The van der Waals surface area contributed by atoms with Crippen LogP contribution in [0.15, 0.2) is 42.5 Å². The first kappa shape index (κ1) is 11.3. The molecule has 0 spiro atoms. The van der Waals surface area contributed by atoms with E-state index in [0.717, 1.165) is 0 Å². The fourth-order valence-electron chi connectivity index (χ4n) is 2.90. The van der Waals surface area contributed by atoms with Gasteiger partial charge in [-0.05, 0) is 49.0 Å². The first-order chi connectivity index (χ1) is 8.72. The second-order valence-electron chi connectivity index (χ2n) is 5.25. The minimum atomic E-state index is 1.17. The first-order valence-electron chi connectivity index (χ1n) is 6.59. The Labute approximate surface area is 109 Å². The topological polar surface area (TPSA) is 0 Å². The summed E-state index contributed by atoms with van der Waals surface area (Å²) in [4.78, 5) is 0. The van der Waals surface area contributed by atoms with Crippen molar-refractivity contribution >= 4 is 11.6 Å². The quantitative estimate of drug-likeness (QED) is 0.665. The second kappa shape index (κ2) is 4.45. The molecule has 0 nitrogen and oxygen atoms in total. The highest BCUT2D eigenvalue weighted by Gasteiger charge is 2.14. The van der Waals surface area contributed by atoms with Gasteiger partial charge in [-0.1, -0.05) is 59.7 Å². The molecule has 1 aliphatic carbocycles. The van der Waals surface area contributed by atoms with Gasteiger partial charge in [0, 0.05) is 0 Å². The lowest BCUT2D eigenvalue weighted by Crippen LogP contribution is -1.83. The van der Waals surface area contributed by atoms with Crippen LogP contribution in [0.2, 0.25) is 0 Å². The zero-order valence-electron chi connectivity index (χ0n) is 11.0. The fraction of sp³-hybridized carbons (Fsp3) is 0.222. The maximum absolute atomic E-state index is 2.35. The summed E-state index contributed by atoms with van der Waals surface area (Å²) in [6.07, 6.45) is 4.71. The van der Waals surface area contributed by atoms with Crippen molar-refractivity contribution in [3.05, 3.63) is 70.3 Å². The van der Waals surface area contributed by atoms with Crippen molar-refractivity contribution in [3.8, 4) is 0 Å². The van der Waals surface area contributed by atoms with E-state index in [4.69, 9.17) is 0 Å². The van der Waals surface area contributed by atoms with E-state index in [0.29, 0.717) is 0 Å². The van der Waals surface area contributed by atoms with Crippen molar-refractivity contribution in [2.24, 2.45) is 0 Å². The van der Waals surface area contributed by atoms with E-state index < -0.39 is 0 Å². The Morgan fingerprint density at radius 2 is 1.61 bits per heavy atom. The largest absolute Gasteiger partial charge is 0.0620 e. The first-order valence-corrected chi connectivity index (χ1v) is 6.59. The number of benzene rings is 2. The molecule has 0 radical (unpaired) electrons. The van der Waals surface area contributed by atoms with Gasteiger partial charge in [0.15, 0.2) is 0 Å². The molecule has 0 aromatic heterocycles. The molecule has 0 fully saturated rings. The van der Waals surface area contributed by atoms with Gasteiger partial charge in [-0.25, -0.2) is 0 Å². The van der Waals surface area contributed by atoms with Crippen molar-refractivity contribution < 1.29 is 0 Å². The predicted molar refractivity (Wildman–Crippen MR) is 78.6 cm³/mol. The Morgan fingerprint density at radius 1 is 0.889 bits per heavy atom. The van der Waals surface area contributed by atoms with Gasteiger partial charge in [-0.3, -0.25) is 0 Å². The molecule has 0 heterocycles. The highest BCUT2D eigenvalue weighted by molar-refractivity contribution is 5.85. The van der Waals surface area contributed by atoms with E-state index in [2.05, 4.69) is 62.4 Å². The number of rotatable bonds is 1. The smallest absolute Gasteiger partial charge is 0.0192 e. The van der Waals surface area contributed by atoms with Gasteiger partial charge in [0.05, 0.1) is 0 Å². The summed E-state index contributed by atoms with van der Waals surface area (Å²) in [5.41, 5.74) is 8.43. The van der Waals surface area contributed by atoms with Crippen LogP contribution in [0.3, 0.4) is 0 Å². The van der Waals surface area contributed by atoms with E-state index in [1.807, 2.05) is 0 Å². The summed E-state index contributed by atoms with van der Waals surface area (Å²) >= 11 is 0. The lowest BCUT2D eigenvalue weighted by atomic mass is 10.0. The van der Waals surface area contributed by atoms with E-state index >= 15 is 0 Å². The number of fused-ring (bicyclic) bond motifs is 1. The highest BCUT2D eigenvalue weighted by atomic mass is 14.2. The van der Waals surface area contributed by atoms with Gasteiger partial charge >= 0.3 is 0 Å². The number of aryl methyl sites for hydroxylation is 3. The average molecular weight is 234 g/mol. The molecule has 18 heavy (non-hydrogen) atoms. The van der Waals surface area contributed by atoms with Gasteiger partial charge in [-0.2, -0.15) is 0 Å². The highest BCUT2D eigenvalue weighted by Crippen LogP contribution is 2.33. The van der Waals surface area contributed by atoms with Crippen molar-refractivity contribution in [2.45, 2.75) is 26.7 Å². The van der Waals surface area contributed by atoms with E-state index in [1.165, 1.54) is 46.2 Å². The molecule has 2 aromatic carbocycles. The molecular formula is C18H18. The summed E-state index contributed by atoms with van der Waals surface area (Å²) < 4.78 is 0. The third kappa shape index (κ3) is 2.11. The summed E-state index contributed by atoms with van der Waals surface area (Å²) in [5, 5.41) is 0. The Kier molecular flexibility index (Phi) is 2.79. The van der Waals surface area contributed by atoms with Gasteiger partial charge in [0.25, 0.3) is 0 Å². The van der Waals surface area contributed by atoms with Crippen LogP contribution in [0.25, 0.3) is 11.6 Å². The fourth-order valence-corrected chi connectivity index (χ4v) is 2.90. The van der Waals surface area contributed by atoms with Crippen molar-refractivity contribution in [3.63, 3.8) is 0 Å².